The first-order valence-corrected chi connectivity index (χ1v) is 10.6. The molecule has 0 spiro atoms. The van der Waals surface area contributed by atoms with Crippen LogP contribution in [0.5, 0.6) is 0 Å². The van der Waals surface area contributed by atoms with Crippen molar-refractivity contribution >= 4 is 21.4 Å². The molecule has 0 saturated carbocycles. The molecule has 0 unspecified atom stereocenters. The van der Waals surface area contributed by atoms with Gasteiger partial charge < -0.3 is 4.52 Å². The molecular weight excluding hydrogens is 372 g/mol. The van der Waals surface area contributed by atoms with Crippen LogP contribution in [0.2, 0.25) is 0 Å². The quantitative estimate of drug-likeness (QED) is 0.665. The maximum absolute atomic E-state index is 12.7. The predicted molar refractivity (Wildman–Crippen MR) is 98.1 cm³/mol. The van der Waals surface area contributed by atoms with Gasteiger partial charge in [-0.15, -0.1) is 11.3 Å². The second-order valence-electron chi connectivity index (χ2n) is 5.98. The average molecular weight is 390 g/mol. The Labute approximate surface area is 155 Å². The highest BCUT2D eigenvalue weighted by atomic mass is 32.2. The zero-order chi connectivity index (χ0) is 18.0. The van der Waals surface area contributed by atoms with E-state index in [2.05, 4.69) is 15.0 Å². The molecule has 0 amide bonds. The molecule has 3 heterocycles. The van der Waals surface area contributed by atoms with Gasteiger partial charge in [0.15, 0.2) is 0 Å². The smallest absolute Gasteiger partial charge is 0.243 e. The first-order chi connectivity index (χ1) is 12.6. The lowest BCUT2D eigenvalue weighted by molar-refractivity contribution is 0.163. The molecular formula is C17H18N4O3S2. The van der Waals surface area contributed by atoms with Gasteiger partial charge in [-0.3, -0.25) is 4.90 Å². The molecule has 2 aromatic heterocycles. The third-order valence-electron chi connectivity index (χ3n) is 4.28. The Morgan fingerprint density at radius 2 is 1.81 bits per heavy atom. The minimum atomic E-state index is -3.43. The molecule has 1 aliphatic rings. The van der Waals surface area contributed by atoms with E-state index in [4.69, 9.17) is 4.52 Å². The number of benzene rings is 1. The van der Waals surface area contributed by atoms with Gasteiger partial charge in [0, 0.05) is 26.2 Å². The summed E-state index contributed by atoms with van der Waals surface area (Å²) < 4.78 is 32.2. The summed E-state index contributed by atoms with van der Waals surface area (Å²) in [6.45, 7) is 2.68. The molecule has 1 aromatic carbocycles. The van der Waals surface area contributed by atoms with Crippen molar-refractivity contribution in [3.05, 3.63) is 53.7 Å². The summed E-state index contributed by atoms with van der Waals surface area (Å²) >= 11 is 1.56. The SMILES string of the molecule is O=S(=O)(c1ccccc1)N1CCN(Cc2nc(-c3cccs3)no2)CC1. The lowest BCUT2D eigenvalue weighted by Crippen LogP contribution is -2.48. The van der Waals surface area contributed by atoms with Gasteiger partial charge in [0.1, 0.15) is 0 Å². The highest BCUT2D eigenvalue weighted by Gasteiger charge is 2.28. The Balaban J connectivity index is 1.37. The van der Waals surface area contributed by atoms with Crippen LogP contribution in [0.3, 0.4) is 0 Å². The summed E-state index contributed by atoms with van der Waals surface area (Å²) in [6.07, 6.45) is 0. The van der Waals surface area contributed by atoms with Crippen molar-refractivity contribution in [3.8, 4) is 10.7 Å². The van der Waals surface area contributed by atoms with Crippen molar-refractivity contribution in [2.24, 2.45) is 0 Å². The maximum Gasteiger partial charge on any atom is 0.243 e. The van der Waals surface area contributed by atoms with Crippen molar-refractivity contribution in [3.63, 3.8) is 0 Å². The van der Waals surface area contributed by atoms with Crippen molar-refractivity contribution in [1.82, 2.24) is 19.3 Å². The molecule has 9 heteroatoms. The number of sulfonamides is 1. The summed E-state index contributed by atoms with van der Waals surface area (Å²) in [5.41, 5.74) is 0. The van der Waals surface area contributed by atoms with E-state index in [1.807, 2.05) is 23.6 Å². The molecule has 3 aromatic rings. The van der Waals surface area contributed by atoms with Crippen LogP contribution in [0.25, 0.3) is 10.7 Å². The van der Waals surface area contributed by atoms with Gasteiger partial charge in [0.25, 0.3) is 0 Å². The van der Waals surface area contributed by atoms with Gasteiger partial charge in [-0.25, -0.2) is 8.42 Å². The van der Waals surface area contributed by atoms with Gasteiger partial charge in [-0.2, -0.15) is 9.29 Å². The van der Waals surface area contributed by atoms with Crippen LogP contribution in [0.1, 0.15) is 5.89 Å². The molecule has 1 fully saturated rings. The topological polar surface area (TPSA) is 79.5 Å². The monoisotopic (exact) mass is 390 g/mol. The van der Waals surface area contributed by atoms with Crippen molar-refractivity contribution in [1.29, 1.82) is 0 Å². The van der Waals surface area contributed by atoms with Crippen molar-refractivity contribution in [2.45, 2.75) is 11.4 Å². The fraction of sp³-hybridized carbons (Fsp3) is 0.294. The standard InChI is InChI=1S/C17H18N4O3S2/c22-26(23,14-5-2-1-3-6-14)21-10-8-20(9-11-21)13-16-18-17(19-24-16)15-7-4-12-25-15/h1-7,12H,8-11,13H2. The predicted octanol–water partition coefficient (Wildman–Crippen LogP) is 2.30. The highest BCUT2D eigenvalue weighted by Crippen LogP contribution is 2.22. The molecule has 0 bridgehead atoms. The molecule has 0 atom stereocenters. The third-order valence-corrected chi connectivity index (χ3v) is 7.06. The van der Waals surface area contributed by atoms with Gasteiger partial charge in [0.2, 0.25) is 21.7 Å². The number of aromatic nitrogens is 2. The Hall–Kier alpha value is -2.07. The van der Waals surface area contributed by atoms with E-state index in [9.17, 15) is 8.42 Å². The highest BCUT2D eigenvalue weighted by molar-refractivity contribution is 7.89. The molecule has 1 saturated heterocycles. The minimum Gasteiger partial charge on any atom is -0.338 e. The lowest BCUT2D eigenvalue weighted by atomic mass is 10.3. The summed E-state index contributed by atoms with van der Waals surface area (Å²) in [7, 11) is -3.43. The van der Waals surface area contributed by atoms with E-state index in [0.29, 0.717) is 49.3 Å². The van der Waals surface area contributed by atoms with Crippen LogP contribution in [0, 0.1) is 0 Å². The fourth-order valence-corrected chi connectivity index (χ4v) is 4.98. The Morgan fingerprint density at radius 3 is 2.50 bits per heavy atom. The van der Waals surface area contributed by atoms with E-state index in [1.54, 1.807) is 35.6 Å². The van der Waals surface area contributed by atoms with Crippen LogP contribution in [0.15, 0.2) is 57.3 Å². The van der Waals surface area contributed by atoms with Crippen LogP contribution in [-0.4, -0.2) is 53.9 Å². The number of hydrogen-bond acceptors (Lipinski definition) is 7. The van der Waals surface area contributed by atoms with Crippen LogP contribution >= 0.6 is 11.3 Å². The van der Waals surface area contributed by atoms with Crippen molar-refractivity contribution < 1.29 is 12.9 Å². The summed E-state index contributed by atoms with van der Waals surface area (Å²) in [5.74, 6) is 1.15. The Kier molecular flexibility index (Phi) is 4.86. The first-order valence-electron chi connectivity index (χ1n) is 8.27. The average Bonchev–Trinajstić information content (AvgIpc) is 3.34. The number of rotatable bonds is 5. The van der Waals surface area contributed by atoms with E-state index in [1.165, 1.54) is 4.31 Å². The molecule has 0 N–H and O–H groups in total. The molecule has 7 nitrogen and oxygen atoms in total. The fourth-order valence-electron chi connectivity index (χ4n) is 2.89. The zero-order valence-electron chi connectivity index (χ0n) is 14.0. The summed E-state index contributed by atoms with van der Waals surface area (Å²) in [4.78, 5) is 7.86. The number of piperazine rings is 1. The van der Waals surface area contributed by atoms with Crippen LogP contribution in [-0.2, 0) is 16.6 Å². The van der Waals surface area contributed by atoms with E-state index < -0.39 is 10.0 Å². The van der Waals surface area contributed by atoms with Gasteiger partial charge in [0.05, 0.1) is 16.3 Å². The lowest BCUT2D eigenvalue weighted by Gasteiger charge is -2.33. The van der Waals surface area contributed by atoms with Crippen LogP contribution in [0.4, 0.5) is 0 Å². The molecule has 1 aliphatic heterocycles. The molecule has 26 heavy (non-hydrogen) atoms. The van der Waals surface area contributed by atoms with E-state index >= 15 is 0 Å². The summed E-state index contributed by atoms with van der Waals surface area (Å²) in [6, 6.07) is 12.5. The van der Waals surface area contributed by atoms with E-state index in [0.717, 1.165) is 4.88 Å². The molecule has 0 aliphatic carbocycles. The Bertz CT molecular complexity index is 947. The van der Waals surface area contributed by atoms with Gasteiger partial charge >= 0.3 is 0 Å². The number of nitrogens with zero attached hydrogens (tertiary/aromatic N) is 4. The first kappa shape index (κ1) is 17.3. The molecule has 4 rings (SSSR count). The van der Waals surface area contributed by atoms with Crippen molar-refractivity contribution in [2.75, 3.05) is 26.2 Å². The second kappa shape index (κ2) is 7.28. The second-order valence-corrected chi connectivity index (χ2v) is 8.87. The molecule has 0 radical (unpaired) electrons. The normalized spacial score (nSPS) is 16.8. The third kappa shape index (κ3) is 3.56. The largest absolute Gasteiger partial charge is 0.338 e. The van der Waals surface area contributed by atoms with E-state index in [-0.39, 0.29) is 0 Å². The maximum atomic E-state index is 12.7. The molecule has 136 valence electrons. The minimum absolute atomic E-state index is 0.339. The van der Waals surface area contributed by atoms with Gasteiger partial charge in [-0.05, 0) is 23.6 Å². The number of hydrogen-bond donors (Lipinski definition) is 0. The van der Waals surface area contributed by atoms with Crippen LogP contribution < -0.4 is 0 Å². The van der Waals surface area contributed by atoms with Gasteiger partial charge in [-0.1, -0.05) is 29.4 Å². The number of thiophene rings is 1. The zero-order valence-corrected chi connectivity index (χ0v) is 15.6. The summed E-state index contributed by atoms with van der Waals surface area (Å²) in [5, 5.41) is 5.98. The Morgan fingerprint density at radius 1 is 1.04 bits per heavy atom.